The van der Waals surface area contributed by atoms with Crippen LogP contribution in [0.4, 0.5) is 0 Å². The molecule has 0 aromatic carbocycles. The van der Waals surface area contributed by atoms with E-state index < -0.39 is 0 Å². The first-order valence-corrected chi connectivity index (χ1v) is 4.19. The Bertz CT molecular complexity index is 155. The van der Waals surface area contributed by atoms with Crippen molar-refractivity contribution in [2.24, 2.45) is 0 Å². The molecule has 11 heavy (non-hydrogen) atoms. The van der Waals surface area contributed by atoms with E-state index in [9.17, 15) is 4.79 Å². The van der Waals surface area contributed by atoms with E-state index in [4.69, 9.17) is 4.74 Å². The van der Waals surface area contributed by atoms with E-state index in [1.165, 1.54) is 0 Å². The van der Waals surface area contributed by atoms with Crippen LogP contribution in [0.2, 0.25) is 0 Å². The summed E-state index contributed by atoms with van der Waals surface area (Å²) >= 11 is 0. The van der Waals surface area contributed by atoms with Gasteiger partial charge in [-0.25, -0.2) is 0 Å². The van der Waals surface area contributed by atoms with Crippen molar-refractivity contribution in [3.63, 3.8) is 0 Å². The van der Waals surface area contributed by atoms with Gasteiger partial charge in [0.05, 0.1) is 5.60 Å². The third-order valence-electron chi connectivity index (χ3n) is 1.74. The minimum absolute atomic E-state index is 0.116. The highest BCUT2D eigenvalue weighted by atomic mass is 16.5. The third-order valence-corrected chi connectivity index (χ3v) is 1.74. The summed E-state index contributed by atoms with van der Waals surface area (Å²) in [6, 6.07) is 0. The maximum absolute atomic E-state index is 11.1. The highest BCUT2D eigenvalue weighted by Gasteiger charge is 2.28. The highest BCUT2D eigenvalue weighted by Crippen LogP contribution is 2.22. The molecule has 0 aromatic heterocycles. The van der Waals surface area contributed by atoms with E-state index >= 15 is 0 Å². The smallest absolute Gasteiger partial charge is 0.161 e. The van der Waals surface area contributed by atoms with Gasteiger partial charge in [0.25, 0.3) is 0 Å². The van der Waals surface area contributed by atoms with Gasteiger partial charge in [-0.1, -0.05) is 0 Å². The summed E-state index contributed by atoms with van der Waals surface area (Å²) in [5.41, 5.74) is -0.176. The molecule has 0 amide bonds. The molecule has 0 spiro atoms. The van der Waals surface area contributed by atoms with Gasteiger partial charge >= 0.3 is 0 Å². The summed E-state index contributed by atoms with van der Waals surface area (Å²) in [6.07, 6.45) is 2.51. The topological polar surface area (TPSA) is 26.3 Å². The molecule has 1 aliphatic rings. The van der Waals surface area contributed by atoms with Gasteiger partial charge in [-0.3, -0.25) is 4.79 Å². The Morgan fingerprint density at radius 3 is 2.45 bits per heavy atom. The second kappa shape index (κ2) is 2.94. The molecule has 1 fully saturated rings. The van der Waals surface area contributed by atoms with Crippen LogP contribution in [0.1, 0.15) is 40.0 Å². The molecular weight excluding hydrogens is 140 g/mol. The first-order valence-electron chi connectivity index (χ1n) is 4.19. The molecule has 1 rings (SSSR count). The van der Waals surface area contributed by atoms with Gasteiger partial charge < -0.3 is 4.74 Å². The number of hydrogen-bond acceptors (Lipinski definition) is 2. The van der Waals surface area contributed by atoms with Crippen LogP contribution in [0.5, 0.6) is 0 Å². The fourth-order valence-corrected chi connectivity index (χ4v) is 1.34. The molecule has 0 aliphatic heterocycles. The maximum Gasteiger partial charge on any atom is 0.161 e. The van der Waals surface area contributed by atoms with Crippen LogP contribution in [-0.2, 0) is 9.53 Å². The van der Waals surface area contributed by atoms with Gasteiger partial charge in [0.1, 0.15) is 6.10 Å². The lowest BCUT2D eigenvalue weighted by Crippen LogP contribution is -2.29. The number of hydrogen-bond donors (Lipinski definition) is 0. The summed E-state index contributed by atoms with van der Waals surface area (Å²) in [4.78, 5) is 11.1. The highest BCUT2D eigenvalue weighted by molar-refractivity contribution is 5.84. The van der Waals surface area contributed by atoms with E-state index in [2.05, 4.69) is 0 Å². The van der Waals surface area contributed by atoms with E-state index in [-0.39, 0.29) is 17.5 Å². The van der Waals surface area contributed by atoms with Crippen LogP contribution in [0.15, 0.2) is 0 Å². The van der Waals surface area contributed by atoms with Crippen molar-refractivity contribution >= 4 is 5.78 Å². The van der Waals surface area contributed by atoms with Crippen molar-refractivity contribution in [2.75, 3.05) is 0 Å². The minimum Gasteiger partial charge on any atom is -0.365 e. The molecule has 0 N–H and O–H groups in total. The van der Waals surface area contributed by atoms with Gasteiger partial charge in [0, 0.05) is 6.42 Å². The number of carbonyl (C=O) groups excluding carboxylic acids is 1. The summed E-state index contributed by atoms with van der Waals surface area (Å²) in [6.45, 7) is 5.95. The normalized spacial score (nSPS) is 26.1. The number of Topliss-reactive ketones (excluding diaryl/α,β-unsaturated/α-hetero) is 1. The van der Waals surface area contributed by atoms with Gasteiger partial charge in [0.2, 0.25) is 0 Å². The Morgan fingerprint density at radius 2 is 2.09 bits per heavy atom. The molecule has 1 unspecified atom stereocenters. The molecule has 2 nitrogen and oxygen atoms in total. The Hall–Kier alpha value is -0.370. The Labute approximate surface area is 67.9 Å². The van der Waals surface area contributed by atoms with Crippen molar-refractivity contribution in [2.45, 2.75) is 51.7 Å². The quantitative estimate of drug-likeness (QED) is 0.579. The number of rotatable bonds is 1. The molecule has 0 radical (unpaired) electrons. The first kappa shape index (κ1) is 8.72. The van der Waals surface area contributed by atoms with Crippen molar-refractivity contribution < 1.29 is 9.53 Å². The van der Waals surface area contributed by atoms with E-state index in [1.54, 1.807) is 0 Å². The van der Waals surface area contributed by atoms with Gasteiger partial charge in [0.15, 0.2) is 5.78 Å². The summed E-state index contributed by atoms with van der Waals surface area (Å²) in [7, 11) is 0. The second-order valence-electron chi connectivity index (χ2n) is 4.08. The van der Waals surface area contributed by atoms with Crippen LogP contribution in [-0.4, -0.2) is 17.5 Å². The zero-order valence-corrected chi connectivity index (χ0v) is 7.52. The molecule has 1 saturated carbocycles. The molecule has 1 atom stereocenters. The number of ether oxygens (including phenoxy) is 1. The monoisotopic (exact) mass is 156 g/mol. The molecule has 0 heterocycles. The maximum atomic E-state index is 11.1. The molecule has 0 aromatic rings. The van der Waals surface area contributed by atoms with Crippen LogP contribution in [0.25, 0.3) is 0 Å². The van der Waals surface area contributed by atoms with Crippen molar-refractivity contribution in [1.82, 2.24) is 0 Å². The first-order chi connectivity index (χ1) is 4.99. The largest absolute Gasteiger partial charge is 0.365 e. The van der Waals surface area contributed by atoms with Crippen LogP contribution >= 0.6 is 0 Å². The van der Waals surface area contributed by atoms with Crippen LogP contribution < -0.4 is 0 Å². The van der Waals surface area contributed by atoms with Crippen molar-refractivity contribution in [1.29, 1.82) is 0 Å². The molecule has 1 aliphatic carbocycles. The predicted octanol–water partition coefficient (Wildman–Crippen LogP) is 1.92. The van der Waals surface area contributed by atoms with Crippen LogP contribution in [0.3, 0.4) is 0 Å². The summed E-state index contributed by atoms with van der Waals surface area (Å²) in [5, 5.41) is 0. The number of carbonyl (C=O) groups is 1. The van der Waals surface area contributed by atoms with Crippen molar-refractivity contribution in [3.8, 4) is 0 Å². The average Bonchev–Trinajstić information content (AvgIpc) is 2.12. The molecule has 64 valence electrons. The standard InChI is InChI=1S/C9H16O2/c1-9(2,3)11-8-6-4-5-7(8)10/h8H,4-6H2,1-3H3. The van der Waals surface area contributed by atoms with E-state index in [0.717, 1.165) is 12.8 Å². The fraction of sp³-hybridized carbons (Fsp3) is 0.889. The van der Waals surface area contributed by atoms with E-state index in [0.29, 0.717) is 6.42 Å². The SMILES string of the molecule is CC(C)(C)OC1CCCC1=O. The lowest BCUT2D eigenvalue weighted by Gasteiger charge is -2.23. The summed E-state index contributed by atoms with van der Waals surface area (Å²) in [5.74, 6) is 0.278. The predicted molar refractivity (Wildman–Crippen MR) is 43.5 cm³/mol. The van der Waals surface area contributed by atoms with Crippen molar-refractivity contribution in [3.05, 3.63) is 0 Å². The molecule has 0 bridgehead atoms. The molecule has 0 saturated heterocycles. The van der Waals surface area contributed by atoms with Gasteiger partial charge in [-0.2, -0.15) is 0 Å². The zero-order chi connectivity index (χ0) is 8.48. The number of ketones is 1. The molecular formula is C9H16O2. The molecule has 2 heteroatoms. The Kier molecular flexibility index (Phi) is 2.33. The van der Waals surface area contributed by atoms with Gasteiger partial charge in [-0.05, 0) is 33.6 Å². The minimum atomic E-state index is -0.176. The van der Waals surface area contributed by atoms with Crippen LogP contribution in [0, 0.1) is 0 Å². The summed E-state index contributed by atoms with van der Waals surface area (Å²) < 4.78 is 5.56. The van der Waals surface area contributed by atoms with E-state index in [1.807, 2.05) is 20.8 Å². The third kappa shape index (κ3) is 2.62. The fourth-order valence-electron chi connectivity index (χ4n) is 1.34. The zero-order valence-electron chi connectivity index (χ0n) is 7.52. The Balaban J connectivity index is 2.43. The average molecular weight is 156 g/mol. The lowest BCUT2D eigenvalue weighted by atomic mass is 10.1. The Morgan fingerprint density at radius 1 is 1.45 bits per heavy atom. The van der Waals surface area contributed by atoms with Gasteiger partial charge in [-0.15, -0.1) is 0 Å². The lowest BCUT2D eigenvalue weighted by molar-refractivity contribution is -0.136. The second-order valence-corrected chi connectivity index (χ2v) is 4.08.